The Morgan fingerprint density at radius 1 is 1.28 bits per heavy atom. The van der Waals surface area contributed by atoms with Crippen molar-refractivity contribution in [2.75, 3.05) is 0 Å². The van der Waals surface area contributed by atoms with Gasteiger partial charge in [-0.2, -0.15) is 0 Å². The third kappa shape index (κ3) is 1.90. The van der Waals surface area contributed by atoms with E-state index in [2.05, 4.69) is 36.4 Å². The molecular weight excluding hydrogens is 292 g/mol. The lowest BCUT2D eigenvalue weighted by molar-refractivity contribution is -0.138. The van der Waals surface area contributed by atoms with E-state index in [0.717, 1.165) is 19.3 Å². The molecule has 3 heteroatoms. The van der Waals surface area contributed by atoms with Gasteiger partial charge in [-0.3, -0.25) is 0 Å². The van der Waals surface area contributed by atoms with E-state index in [1.807, 2.05) is 0 Å². The molecule has 2 aliphatic rings. The van der Waals surface area contributed by atoms with Crippen molar-refractivity contribution in [2.24, 2.45) is 10.8 Å². The zero-order chi connectivity index (χ0) is 13.8. The fourth-order valence-corrected chi connectivity index (χ4v) is 4.52. The van der Waals surface area contributed by atoms with Crippen molar-refractivity contribution in [3.63, 3.8) is 0 Å². The molecule has 2 N–H and O–H groups in total. The Morgan fingerprint density at radius 2 is 1.89 bits per heavy atom. The molecule has 0 aromatic rings. The minimum atomic E-state index is -0.944. The molecule has 2 rings (SSSR count). The zero-order valence-corrected chi connectivity index (χ0v) is 13.3. The van der Waals surface area contributed by atoms with Gasteiger partial charge in [0.1, 0.15) is 0 Å². The third-order valence-electron chi connectivity index (χ3n) is 5.71. The Bertz CT molecular complexity index is 362. The number of allylic oxidation sites excluding steroid dienone is 1. The van der Waals surface area contributed by atoms with Gasteiger partial charge >= 0.3 is 0 Å². The number of halogens is 1. The van der Waals surface area contributed by atoms with Gasteiger partial charge < -0.3 is 10.2 Å². The molecule has 2 aliphatic carbocycles. The van der Waals surface area contributed by atoms with Crippen LogP contribution >= 0.6 is 15.9 Å². The molecule has 0 aliphatic heterocycles. The van der Waals surface area contributed by atoms with E-state index in [4.69, 9.17) is 0 Å². The molecule has 2 fully saturated rings. The lowest BCUT2D eigenvalue weighted by Crippen LogP contribution is -2.57. The maximum absolute atomic E-state index is 10.3. The molecule has 0 unspecified atom stereocenters. The smallest absolute Gasteiger partial charge is 0.0878 e. The zero-order valence-electron chi connectivity index (χ0n) is 11.7. The van der Waals surface area contributed by atoms with E-state index < -0.39 is 11.7 Å². The van der Waals surface area contributed by atoms with Crippen LogP contribution in [0.25, 0.3) is 0 Å². The highest BCUT2D eigenvalue weighted by Gasteiger charge is 2.57. The minimum Gasteiger partial charge on any atom is -0.390 e. The molecule has 18 heavy (non-hydrogen) atoms. The summed E-state index contributed by atoms with van der Waals surface area (Å²) in [5.41, 5.74) is 0.347. The van der Waals surface area contributed by atoms with Crippen LogP contribution < -0.4 is 0 Å². The van der Waals surface area contributed by atoms with E-state index in [0.29, 0.717) is 17.7 Å². The molecule has 4 atom stereocenters. The number of aliphatic hydroxyl groups excluding tert-OH is 1. The van der Waals surface area contributed by atoms with Crippen LogP contribution in [0.5, 0.6) is 0 Å². The van der Waals surface area contributed by atoms with E-state index >= 15 is 0 Å². The van der Waals surface area contributed by atoms with Gasteiger partial charge in [0, 0.05) is 4.83 Å². The molecule has 1 spiro atoms. The summed E-state index contributed by atoms with van der Waals surface area (Å²) >= 11 is 3.81. The Balaban J connectivity index is 2.37. The van der Waals surface area contributed by atoms with Crippen LogP contribution in [0.1, 0.15) is 52.9 Å². The second-order valence-electron chi connectivity index (χ2n) is 6.99. The van der Waals surface area contributed by atoms with E-state index in [-0.39, 0.29) is 10.8 Å². The van der Waals surface area contributed by atoms with Crippen LogP contribution in [0.15, 0.2) is 12.2 Å². The largest absolute Gasteiger partial charge is 0.390 e. The highest BCUT2D eigenvalue weighted by atomic mass is 79.9. The summed E-state index contributed by atoms with van der Waals surface area (Å²) in [5.74, 6) is 0. The molecule has 0 aromatic carbocycles. The summed E-state index contributed by atoms with van der Waals surface area (Å²) < 4.78 is 0. The first-order valence-electron chi connectivity index (χ1n) is 6.86. The summed E-state index contributed by atoms with van der Waals surface area (Å²) in [4.78, 5) is 0.450. The fourth-order valence-electron chi connectivity index (χ4n) is 3.85. The summed E-state index contributed by atoms with van der Waals surface area (Å²) in [5, 5.41) is 20.5. The first kappa shape index (κ1) is 14.5. The van der Waals surface area contributed by atoms with Crippen LogP contribution in [-0.2, 0) is 0 Å². The van der Waals surface area contributed by atoms with Crippen molar-refractivity contribution in [1.29, 1.82) is 0 Å². The Labute approximate surface area is 119 Å². The van der Waals surface area contributed by atoms with Crippen molar-refractivity contribution < 1.29 is 10.2 Å². The lowest BCUT2D eigenvalue weighted by Gasteiger charge is -2.59. The number of alkyl halides is 1. The standard InChI is InChI=1S/C15H25BrO2/c1-10-5-6-11(16)13(2,3)15(10)8-7-14(4,18)12(17)9-15/h11-12,17-18H,1,5-9H2,2-4H3/t11-,12+,14-,15+/m1/s1. The molecule has 0 aromatic heterocycles. The molecule has 0 radical (unpaired) electrons. The van der Waals surface area contributed by atoms with Crippen molar-refractivity contribution in [3.8, 4) is 0 Å². The highest BCUT2D eigenvalue weighted by molar-refractivity contribution is 9.09. The number of hydrogen-bond acceptors (Lipinski definition) is 2. The maximum Gasteiger partial charge on any atom is 0.0878 e. The van der Waals surface area contributed by atoms with Gasteiger partial charge in [-0.25, -0.2) is 0 Å². The molecule has 0 bridgehead atoms. The van der Waals surface area contributed by atoms with Gasteiger partial charge in [-0.1, -0.05) is 41.9 Å². The normalized spacial score (nSPS) is 48.4. The molecule has 104 valence electrons. The summed E-state index contributed by atoms with van der Waals surface area (Å²) in [6.07, 6.45) is 3.68. The first-order chi connectivity index (χ1) is 8.13. The second kappa shape index (κ2) is 4.32. The number of hydrogen-bond donors (Lipinski definition) is 2. The molecular formula is C15H25BrO2. The van der Waals surface area contributed by atoms with E-state index in [1.54, 1.807) is 6.92 Å². The fraction of sp³-hybridized carbons (Fsp3) is 0.867. The topological polar surface area (TPSA) is 40.5 Å². The summed E-state index contributed by atoms with van der Waals surface area (Å²) in [6, 6.07) is 0. The molecule has 2 nitrogen and oxygen atoms in total. The van der Waals surface area contributed by atoms with Gasteiger partial charge in [0.25, 0.3) is 0 Å². The van der Waals surface area contributed by atoms with E-state index in [9.17, 15) is 10.2 Å². The predicted octanol–water partition coefficient (Wildman–Crippen LogP) is 3.41. The van der Waals surface area contributed by atoms with Gasteiger partial charge in [-0.15, -0.1) is 0 Å². The third-order valence-corrected chi connectivity index (χ3v) is 7.31. The van der Waals surface area contributed by atoms with Crippen molar-refractivity contribution in [1.82, 2.24) is 0 Å². The van der Waals surface area contributed by atoms with Crippen LogP contribution in [0, 0.1) is 10.8 Å². The average Bonchev–Trinajstić information content (AvgIpc) is 2.27. The van der Waals surface area contributed by atoms with Gasteiger partial charge in [0.2, 0.25) is 0 Å². The summed E-state index contributed by atoms with van der Waals surface area (Å²) in [6.45, 7) is 10.6. The molecule has 2 saturated carbocycles. The lowest BCUT2D eigenvalue weighted by atomic mass is 9.49. The SMILES string of the molecule is C=C1CC[C@@H](Br)C(C)(C)[C@]12CC[C@@](C)(O)[C@@H](O)C2. The Kier molecular flexibility index (Phi) is 3.49. The molecule has 0 amide bonds. The highest BCUT2D eigenvalue weighted by Crippen LogP contribution is 2.62. The Morgan fingerprint density at radius 3 is 2.44 bits per heavy atom. The predicted molar refractivity (Wildman–Crippen MR) is 77.8 cm³/mol. The van der Waals surface area contributed by atoms with Gasteiger partial charge in [0.05, 0.1) is 11.7 Å². The van der Waals surface area contributed by atoms with Crippen molar-refractivity contribution >= 4 is 15.9 Å². The first-order valence-corrected chi connectivity index (χ1v) is 7.78. The maximum atomic E-state index is 10.3. The van der Waals surface area contributed by atoms with Crippen molar-refractivity contribution in [3.05, 3.63) is 12.2 Å². The van der Waals surface area contributed by atoms with E-state index in [1.165, 1.54) is 5.57 Å². The average molecular weight is 317 g/mol. The monoisotopic (exact) mass is 316 g/mol. The van der Waals surface area contributed by atoms with Crippen LogP contribution in [0.4, 0.5) is 0 Å². The molecule has 0 saturated heterocycles. The van der Waals surface area contributed by atoms with Crippen LogP contribution in [0.2, 0.25) is 0 Å². The summed E-state index contributed by atoms with van der Waals surface area (Å²) in [7, 11) is 0. The van der Waals surface area contributed by atoms with Crippen LogP contribution in [-0.4, -0.2) is 26.7 Å². The van der Waals surface area contributed by atoms with Gasteiger partial charge in [-0.05, 0) is 49.9 Å². The molecule has 0 heterocycles. The number of aliphatic hydroxyl groups is 2. The minimum absolute atomic E-state index is 0.0406. The van der Waals surface area contributed by atoms with Crippen LogP contribution in [0.3, 0.4) is 0 Å². The van der Waals surface area contributed by atoms with Gasteiger partial charge in [0.15, 0.2) is 0 Å². The second-order valence-corrected chi connectivity index (χ2v) is 8.10. The quantitative estimate of drug-likeness (QED) is 0.531. The number of rotatable bonds is 0. The Hall–Kier alpha value is 0.140. The van der Waals surface area contributed by atoms with Crippen molar-refractivity contribution in [2.45, 2.75) is 69.4 Å².